The molecule has 0 amide bonds. The molecule has 0 N–H and O–H groups in total. The Balaban J connectivity index is 1.04. The minimum Gasteiger partial charge on any atom is -0.456 e. The zero-order valence-electron chi connectivity index (χ0n) is 24.2. The highest BCUT2D eigenvalue weighted by Gasteiger charge is 2.15. The summed E-state index contributed by atoms with van der Waals surface area (Å²) in [7, 11) is 0. The molecule has 0 aliphatic carbocycles. The molecule has 3 aromatic heterocycles. The number of para-hydroxylation sites is 2. The molecule has 45 heavy (non-hydrogen) atoms. The van der Waals surface area contributed by atoms with Gasteiger partial charge in [-0.3, -0.25) is 0 Å². The van der Waals surface area contributed by atoms with Crippen molar-refractivity contribution in [3.8, 4) is 27.9 Å². The van der Waals surface area contributed by atoms with Gasteiger partial charge in [-0.05, 0) is 76.9 Å². The van der Waals surface area contributed by atoms with Crippen molar-refractivity contribution in [2.75, 3.05) is 0 Å². The van der Waals surface area contributed by atoms with Crippen LogP contribution in [0.15, 0.2) is 156 Å². The third kappa shape index (κ3) is 3.75. The molecule has 7 aromatic carbocycles. The fourth-order valence-corrected chi connectivity index (χ4v) is 8.16. The third-order valence-electron chi connectivity index (χ3n) is 9.22. The highest BCUT2D eigenvalue weighted by molar-refractivity contribution is 7.25. The van der Waals surface area contributed by atoms with Gasteiger partial charge in [0.2, 0.25) is 0 Å². The highest BCUT2D eigenvalue weighted by atomic mass is 32.1. The van der Waals surface area contributed by atoms with E-state index in [1.165, 1.54) is 69.9 Å². The van der Waals surface area contributed by atoms with E-state index in [9.17, 15) is 0 Å². The molecule has 210 valence electrons. The molecule has 0 unspecified atom stereocenters. The first-order chi connectivity index (χ1) is 22.3. The molecule has 0 saturated heterocycles. The second kappa shape index (κ2) is 9.43. The van der Waals surface area contributed by atoms with Crippen LogP contribution >= 0.6 is 11.3 Å². The SMILES string of the molecule is c1ccc2c(c1)oc1ccc(-c3ccc(-c4ccc(-n5c6ccccc6c6cc7sc8ccccc8c7cc65)cc4)cc3)cc12. The average molecular weight is 592 g/mol. The summed E-state index contributed by atoms with van der Waals surface area (Å²) in [5.41, 5.74) is 10.3. The van der Waals surface area contributed by atoms with Crippen LogP contribution in [0.2, 0.25) is 0 Å². The Morgan fingerprint density at radius 1 is 0.378 bits per heavy atom. The maximum atomic E-state index is 6.03. The predicted molar refractivity (Wildman–Crippen MR) is 192 cm³/mol. The number of hydrogen-bond acceptors (Lipinski definition) is 2. The Morgan fingerprint density at radius 2 is 1.00 bits per heavy atom. The summed E-state index contributed by atoms with van der Waals surface area (Å²) in [6, 6.07) is 54.8. The number of thiophene rings is 1. The van der Waals surface area contributed by atoms with Crippen LogP contribution in [0.25, 0.3) is 91.9 Å². The largest absolute Gasteiger partial charge is 0.456 e. The molecule has 0 radical (unpaired) electrons. The van der Waals surface area contributed by atoms with Crippen molar-refractivity contribution in [2.45, 2.75) is 0 Å². The topological polar surface area (TPSA) is 18.1 Å². The fraction of sp³-hybridized carbons (Fsp3) is 0. The first-order valence-electron chi connectivity index (χ1n) is 15.3. The molecule has 0 fully saturated rings. The van der Waals surface area contributed by atoms with Crippen LogP contribution in [0, 0.1) is 0 Å². The summed E-state index contributed by atoms with van der Waals surface area (Å²) in [6.07, 6.45) is 0. The van der Waals surface area contributed by atoms with E-state index in [-0.39, 0.29) is 0 Å². The van der Waals surface area contributed by atoms with E-state index in [0.29, 0.717) is 0 Å². The molecule has 3 heteroatoms. The molecule has 0 saturated carbocycles. The maximum absolute atomic E-state index is 6.03. The molecule has 10 aromatic rings. The number of benzene rings is 7. The standard InChI is InChI=1S/C42H25NOS/c1-4-10-37-31(7-1)34-25-42-36(33-9-3-6-12-41(33)45-42)24-38(34)43(37)30-20-17-27(18-21-30)26-13-15-28(16-14-26)29-19-22-40-35(23-29)32-8-2-5-11-39(32)44-40/h1-25H. The molecule has 0 aliphatic heterocycles. The quantitative estimate of drug-likeness (QED) is 0.200. The minimum absolute atomic E-state index is 0.924. The van der Waals surface area contributed by atoms with Crippen molar-refractivity contribution in [3.63, 3.8) is 0 Å². The molecule has 10 rings (SSSR count). The maximum Gasteiger partial charge on any atom is 0.135 e. The fourth-order valence-electron chi connectivity index (χ4n) is 7.03. The van der Waals surface area contributed by atoms with E-state index in [1.54, 1.807) is 0 Å². The molecule has 0 aliphatic rings. The van der Waals surface area contributed by atoms with Crippen LogP contribution in [-0.4, -0.2) is 4.57 Å². The van der Waals surface area contributed by atoms with Crippen molar-refractivity contribution in [2.24, 2.45) is 0 Å². The van der Waals surface area contributed by atoms with Crippen molar-refractivity contribution < 1.29 is 4.42 Å². The summed E-state index contributed by atoms with van der Waals surface area (Å²) in [4.78, 5) is 0. The van der Waals surface area contributed by atoms with Gasteiger partial charge in [0.05, 0.1) is 11.0 Å². The van der Waals surface area contributed by atoms with E-state index < -0.39 is 0 Å². The number of hydrogen-bond donors (Lipinski definition) is 0. The zero-order valence-corrected chi connectivity index (χ0v) is 25.0. The second-order valence-electron chi connectivity index (χ2n) is 11.7. The van der Waals surface area contributed by atoms with Gasteiger partial charge in [0.1, 0.15) is 11.2 Å². The monoisotopic (exact) mass is 591 g/mol. The van der Waals surface area contributed by atoms with E-state index in [1.807, 2.05) is 23.5 Å². The molecule has 0 atom stereocenters. The summed E-state index contributed by atoms with van der Waals surface area (Å²) >= 11 is 1.88. The van der Waals surface area contributed by atoms with E-state index in [2.05, 4.69) is 144 Å². The lowest BCUT2D eigenvalue weighted by Gasteiger charge is -2.10. The molecule has 2 nitrogen and oxygen atoms in total. The number of aromatic nitrogens is 1. The van der Waals surface area contributed by atoms with Gasteiger partial charge < -0.3 is 8.98 Å². The number of furan rings is 1. The smallest absolute Gasteiger partial charge is 0.135 e. The Hall–Kier alpha value is -5.64. The van der Waals surface area contributed by atoms with Crippen LogP contribution in [0.3, 0.4) is 0 Å². The van der Waals surface area contributed by atoms with Crippen LogP contribution in [0.5, 0.6) is 0 Å². The van der Waals surface area contributed by atoms with Gasteiger partial charge in [-0.2, -0.15) is 0 Å². The van der Waals surface area contributed by atoms with Gasteiger partial charge in [0.15, 0.2) is 0 Å². The molecular formula is C42H25NOS. The lowest BCUT2D eigenvalue weighted by Crippen LogP contribution is -1.93. The minimum atomic E-state index is 0.924. The first kappa shape index (κ1) is 24.8. The van der Waals surface area contributed by atoms with Crippen LogP contribution < -0.4 is 0 Å². The van der Waals surface area contributed by atoms with E-state index in [0.717, 1.165) is 21.9 Å². The van der Waals surface area contributed by atoms with Gasteiger partial charge in [0.25, 0.3) is 0 Å². The summed E-state index contributed by atoms with van der Waals surface area (Å²) in [5.74, 6) is 0. The normalized spacial score (nSPS) is 12.0. The first-order valence-corrected chi connectivity index (χ1v) is 16.1. The Morgan fingerprint density at radius 3 is 1.82 bits per heavy atom. The molecule has 0 bridgehead atoms. The predicted octanol–water partition coefficient (Wildman–Crippen LogP) is 12.4. The Labute approximate surface area is 263 Å². The summed E-state index contributed by atoms with van der Waals surface area (Å²) in [6.45, 7) is 0. The van der Waals surface area contributed by atoms with Gasteiger partial charge in [-0.25, -0.2) is 0 Å². The van der Waals surface area contributed by atoms with Crippen molar-refractivity contribution in [3.05, 3.63) is 152 Å². The van der Waals surface area contributed by atoms with E-state index in [4.69, 9.17) is 4.42 Å². The highest BCUT2D eigenvalue weighted by Crippen LogP contribution is 2.41. The van der Waals surface area contributed by atoms with E-state index >= 15 is 0 Å². The van der Waals surface area contributed by atoms with Gasteiger partial charge in [0, 0.05) is 47.4 Å². The van der Waals surface area contributed by atoms with Gasteiger partial charge in [-0.1, -0.05) is 97.1 Å². The Bertz CT molecular complexity index is 2740. The number of rotatable bonds is 3. The van der Waals surface area contributed by atoms with Crippen LogP contribution in [-0.2, 0) is 0 Å². The second-order valence-corrected chi connectivity index (χ2v) is 12.8. The summed E-state index contributed by atoms with van der Waals surface area (Å²) < 4.78 is 11.1. The van der Waals surface area contributed by atoms with Gasteiger partial charge in [-0.15, -0.1) is 11.3 Å². The number of nitrogens with zero attached hydrogens (tertiary/aromatic N) is 1. The zero-order chi connectivity index (χ0) is 29.5. The van der Waals surface area contributed by atoms with Gasteiger partial charge >= 0.3 is 0 Å². The van der Waals surface area contributed by atoms with Crippen molar-refractivity contribution >= 4 is 75.3 Å². The van der Waals surface area contributed by atoms with Crippen LogP contribution in [0.4, 0.5) is 0 Å². The third-order valence-corrected chi connectivity index (χ3v) is 10.4. The molecule has 0 spiro atoms. The molecule has 3 heterocycles. The van der Waals surface area contributed by atoms with Crippen molar-refractivity contribution in [1.29, 1.82) is 0 Å². The van der Waals surface area contributed by atoms with Crippen LogP contribution in [0.1, 0.15) is 0 Å². The molecular weight excluding hydrogens is 567 g/mol. The average Bonchev–Trinajstić information content (AvgIpc) is 3.76. The van der Waals surface area contributed by atoms with Crippen molar-refractivity contribution in [1.82, 2.24) is 4.57 Å². The Kier molecular flexibility index (Phi) is 5.19. The summed E-state index contributed by atoms with van der Waals surface area (Å²) in [5, 5.41) is 7.54. The lowest BCUT2D eigenvalue weighted by molar-refractivity contribution is 0.669. The number of fused-ring (bicyclic) bond motifs is 9. The lowest BCUT2D eigenvalue weighted by atomic mass is 9.99.